The summed E-state index contributed by atoms with van der Waals surface area (Å²) in [7, 11) is 0. The maximum absolute atomic E-state index is 5.88. The van der Waals surface area contributed by atoms with Crippen LogP contribution in [-0.4, -0.2) is 24.7 Å². The first-order valence-electron chi connectivity index (χ1n) is 6.66. The highest BCUT2D eigenvalue weighted by molar-refractivity contribution is 5.55. The zero-order chi connectivity index (χ0) is 13.2. The Morgan fingerprint density at radius 3 is 2.83 bits per heavy atom. The van der Waals surface area contributed by atoms with Crippen LogP contribution in [0.5, 0.6) is 5.88 Å². The first-order valence-corrected chi connectivity index (χ1v) is 6.66. The van der Waals surface area contributed by atoms with E-state index in [0.29, 0.717) is 23.6 Å². The summed E-state index contributed by atoms with van der Waals surface area (Å²) < 4.78 is 5.58. The quantitative estimate of drug-likeness (QED) is 0.891. The van der Waals surface area contributed by atoms with Crippen LogP contribution in [0.1, 0.15) is 33.6 Å². The van der Waals surface area contributed by atoms with E-state index in [-0.39, 0.29) is 0 Å². The van der Waals surface area contributed by atoms with Crippen molar-refractivity contribution in [1.82, 2.24) is 4.98 Å². The van der Waals surface area contributed by atoms with Crippen LogP contribution in [0.2, 0.25) is 0 Å². The molecule has 0 spiro atoms. The number of nitrogen functional groups attached to an aromatic ring is 1. The zero-order valence-electron chi connectivity index (χ0n) is 11.6. The second-order valence-corrected chi connectivity index (χ2v) is 5.75. The Hall–Kier alpha value is -1.45. The lowest BCUT2D eigenvalue weighted by Crippen LogP contribution is -2.23. The molecule has 1 fully saturated rings. The summed E-state index contributed by atoms with van der Waals surface area (Å²) in [6.07, 6.45) is 2.16. The van der Waals surface area contributed by atoms with Crippen LogP contribution in [0.3, 0.4) is 0 Å². The topological polar surface area (TPSA) is 51.4 Å². The van der Waals surface area contributed by atoms with Crippen LogP contribution in [0, 0.1) is 5.41 Å². The molecule has 1 aliphatic heterocycles. The molecule has 0 aliphatic carbocycles. The fraction of sp³-hybridized carbons (Fsp3) is 0.643. The van der Waals surface area contributed by atoms with Crippen LogP contribution in [0.25, 0.3) is 0 Å². The number of nitrogens with two attached hydrogens (primary N) is 1. The van der Waals surface area contributed by atoms with Gasteiger partial charge in [-0.2, -0.15) is 4.98 Å². The third-order valence-electron chi connectivity index (χ3n) is 3.32. The van der Waals surface area contributed by atoms with Crippen LogP contribution in [-0.2, 0) is 0 Å². The molecule has 1 saturated heterocycles. The third kappa shape index (κ3) is 2.86. The molecule has 100 valence electrons. The predicted octanol–water partition coefficient (Wildman–Crippen LogP) is 2.69. The Balaban J connectivity index is 2.14. The SMILES string of the molecule is CCCOc1nc(N2CCC(C)(C)C2)ccc1N. The number of rotatable bonds is 4. The molecule has 0 amide bonds. The van der Waals surface area contributed by atoms with Gasteiger partial charge in [-0.15, -0.1) is 0 Å². The number of anilines is 2. The van der Waals surface area contributed by atoms with E-state index in [9.17, 15) is 0 Å². The summed E-state index contributed by atoms with van der Waals surface area (Å²) in [6, 6.07) is 3.87. The van der Waals surface area contributed by atoms with Crippen molar-refractivity contribution in [2.45, 2.75) is 33.6 Å². The number of ether oxygens (including phenoxy) is 1. The predicted molar refractivity (Wildman–Crippen MR) is 75.0 cm³/mol. The van der Waals surface area contributed by atoms with Gasteiger partial charge >= 0.3 is 0 Å². The molecule has 0 unspecified atom stereocenters. The summed E-state index contributed by atoms with van der Waals surface area (Å²) in [4.78, 5) is 6.84. The summed E-state index contributed by atoms with van der Waals surface area (Å²) >= 11 is 0. The first-order chi connectivity index (χ1) is 8.52. The lowest BCUT2D eigenvalue weighted by atomic mass is 9.93. The minimum Gasteiger partial charge on any atom is -0.476 e. The number of hydrogen-bond acceptors (Lipinski definition) is 4. The molecule has 0 radical (unpaired) electrons. The van der Waals surface area contributed by atoms with Crippen LogP contribution in [0.4, 0.5) is 11.5 Å². The molecule has 4 nitrogen and oxygen atoms in total. The van der Waals surface area contributed by atoms with E-state index in [0.717, 1.165) is 25.3 Å². The minimum atomic E-state index is 0.369. The zero-order valence-corrected chi connectivity index (χ0v) is 11.6. The molecule has 2 heterocycles. The molecule has 18 heavy (non-hydrogen) atoms. The highest BCUT2D eigenvalue weighted by Gasteiger charge is 2.30. The second kappa shape index (κ2) is 5.04. The van der Waals surface area contributed by atoms with Crippen molar-refractivity contribution in [2.24, 2.45) is 5.41 Å². The van der Waals surface area contributed by atoms with Crippen molar-refractivity contribution < 1.29 is 4.74 Å². The van der Waals surface area contributed by atoms with Gasteiger partial charge in [0, 0.05) is 13.1 Å². The molecule has 1 aliphatic rings. The van der Waals surface area contributed by atoms with Gasteiger partial charge in [0.05, 0.1) is 12.3 Å². The summed E-state index contributed by atoms with van der Waals surface area (Å²) in [6.45, 7) is 9.40. The monoisotopic (exact) mass is 249 g/mol. The molecule has 0 bridgehead atoms. The van der Waals surface area contributed by atoms with Crippen molar-refractivity contribution >= 4 is 11.5 Å². The van der Waals surface area contributed by atoms with Gasteiger partial charge in [-0.05, 0) is 30.4 Å². The standard InChI is InChI=1S/C14H23N3O/c1-4-9-18-13-11(15)5-6-12(16-13)17-8-7-14(2,3)10-17/h5-6H,4,7-10,15H2,1-3H3. The molecule has 1 aromatic heterocycles. The smallest absolute Gasteiger partial charge is 0.239 e. The van der Waals surface area contributed by atoms with E-state index in [1.807, 2.05) is 12.1 Å². The largest absolute Gasteiger partial charge is 0.476 e. The second-order valence-electron chi connectivity index (χ2n) is 5.75. The maximum Gasteiger partial charge on any atom is 0.239 e. The van der Waals surface area contributed by atoms with Gasteiger partial charge in [0.25, 0.3) is 0 Å². The van der Waals surface area contributed by atoms with Crippen molar-refractivity contribution in [3.63, 3.8) is 0 Å². The molecule has 2 rings (SSSR count). The van der Waals surface area contributed by atoms with Crippen molar-refractivity contribution in [3.8, 4) is 5.88 Å². The van der Waals surface area contributed by atoms with Gasteiger partial charge in [-0.25, -0.2) is 0 Å². The fourth-order valence-corrected chi connectivity index (χ4v) is 2.24. The Morgan fingerprint density at radius 2 is 2.22 bits per heavy atom. The lowest BCUT2D eigenvalue weighted by Gasteiger charge is -2.21. The number of hydrogen-bond donors (Lipinski definition) is 1. The molecule has 2 N–H and O–H groups in total. The molecular weight excluding hydrogens is 226 g/mol. The lowest BCUT2D eigenvalue weighted by molar-refractivity contribution is 0.307. The van der Waals surface area contributed by atoms with E-state index in [4.69, 9.17) is 10.5 Å². The van der Waals surface area contributed by atoms with Gasteiger partial charge in [-0.1, -0.05) is 20.8 Å². The minimum absolute atomic E-state index is 0.369. The molecule has 0 aromatic carbocycles. The van der Waals surface area contributed by atoms with Crippen LogP contribution < -0.4 is 15.4 Å². The highest BCUT2D eigenvalue weighted by Crippen LogP contribution is 2.33. The van der Waals surface area contributed by atoms with E-state index in [1.165, 1.54) is 6.42 Å². The number of nitrogens with zero attached hydrogens (tertiary/aromatic N) is 2. The normalized spacial score (nSPS) is 18.1. The van der Waals surface area contributed by atoms with E-state index in [1.54, 1.807) is 0 Å². The Kier molecular flexibility index (Phi) is 3.64. The van der Waals surface area contributed by atoms with Crippen molar-refractivity contribution in [1.29, 1.82) is 0 Å². The number of pyridine rings is 1. The average Bonchev–Trinajstić information content (AvgIpc) is 2.69. The van der Waals surface area contributed by atoms with Gasteiger partial charge in [0.1, 0.15) is 5.82 Å². The first kappa shape index (κ1) is 13.0. The van der Waals surface area contributed by atoms with E-state index < -0.39 is 0 Å². The molecule has 0 saturated carbocycles. The Labute approximate surface area is 109 Å². The third-order valence-corrected chi connectivity index (χ3v) is 3.32. The molecule has 0 atom stereocenters. The average molecular weight is 249 g/mol. The van der Waals surface area contributed by atoms with Crippen LogP contribution in [0.15, 0.2) is 12.1 Å². The Morgan fingerprint density at radius 1 is 1.44 bits per heavy atom. The van der Waals surface area contributed by atoms with Gasteiger partial charge in [0.15, 0.2) is 0 Å². The Bertz CT molecular complexity index is 418. The van der Waals surface area contributed by atoms with Gasteiger partial charge in [0.2, 0.25) is 5.88 Å². The van der Waals surface area contributed by atoms with Crippen molar-refractivity contribution in [3.05, 3.63) is 12.1 Å². The molecule has 1 aromatic rings. The summed E-state index contributed by atoms with van der Waals surface area (Å²) in [5.74, 6) is 1.54. The summed E-state index contributed by atoms with van der Waals surface area (Å²) in [5, 5.41) is 0. The molecular formula is C14H23N3O. The maximum atomic E-state index is 5.88. The van der Waals surface area contributed by atoms with Gasteiger partial charge < -0.3 is 15.4 Å². The summed E-state index contributed by atoms with van der Waals surface area (Å²) in [5.41, 5.74) is 6.86. The van der Waals surface area contributed by atoms with Crippen molar-refractivity contribution in [2.75, 3.05) is 30.3 Å². The van der Waals surface area contributed by atoms with E-state index in [2.05, 4.69) is 30.7 Å². The van der Waals surface area contributed by atoms with E-state index >= 15 is 0 Å². The molecule has 4 heteroatoms. The number of aromatic nitrogens is 1. The fourth-order valence-electron chi connectivity index (χ4n) is 2.24. The van der Waals surface area contributed by atoms with Crippen LogP contribution >= 0.6 is 0 Å². The highest BCUT2D eigenvalue weighted by atomic mass is 16.5. The van der Waals surface area contributed by atoms with Gasteiger partial charge in [-0.3, -0.25) is 0 Å².